The van der Waals surface area contributed by atoms with Crippen molar-refractivity contribution < 1.29 is 18.7 Å². The molecule has 4 heteroatoms. The molecule has 3 nitrogen and oxygen atoms in total. The minimum absolute atomic E-state index is 0.0344. The zero-order valence-corrected chi connectivity index (χ0v) is 14.0. The number of ether oxygens (including phenoxy) is 2. The first-order valence-corrected chi connectivity index (χ1v) is 8.32. The van der Waals surface area contributed by atoms with Gasteiger partial charge in [0.1, 0.15) is 5.75 Å². The van der Waals surface area contributed by atoms with E-state index in [1.54, 1.807) is 31.2 Å². The Bertz CT molecular complexity index is 812. The number of rotatable bonds is 4. The van der Waals surface area contributed by atoms with Gasteiger partial charge in [-0.3, -0.25) is 0 Å². The maximum atomic E-state index is 14.2. The Labute approximate surface area is 146 Å². The van der Waals surface area contributed by atoms with E-state index in [-0.39, 0.29) is 11.3 Å². The number of carbonyl (C=O) groups is 1. The van der Waals surface area contributed by atoms with Crippen LogP contribution in [0.15, 0.2) is 48.5 Å². The van der Waals surface area contributed by atoms with Crippen molar-refractivity contribution in [2.75, 3.05) is 0 Å². The lowest BCUT2D eigenvalue weighted by Gasteiger charge is -2.25. The minimum Gasteiger partial charge on any atom is -0.471 e. The van der Waals surface area contributed by atoms with Gasteiger partial charge in [-0.05, 0) is 62.9 Å². The van der Waals surface area contributed by atoms with Crippen molar-refractivity contribution in [2.24, 2.45) is 0 Å². The van der Waals surface area contributed by atoms with E-state index in [0.29, 0.717) is 5.75 Å². The van der Waals surface area contributed by atoms with E-state index in [0.717, 1.165) is 25.7 Å². The summed E-state index contributed by atoms with van der Waals surface area (Å²) in [4.78, 5) is 12.3. The summed E-state index contributed by atoms with van der Waals surface area (Å²) >= 11 is 0. The highest BCUT2D eigenvalue weighted by Gasteiger charge is 2.35. The van der Waals surface area contributed by atoms with Gasteiger partial charge in [0.2, 0.25) is 0 Å². The van der Waals surface area contributed by atoms with Gasteiger partial charge in [-0.1, -0.05) is 24.1 Å². The zero-order valence-electron chi connectivity index (χ0n) is 14.0. The molecule has 2 aromatic rings. The van der Waals surface area contributed by atoms with Crippen LogP contribution in [0.3, 0.4) is 0 Å². The van der Waals surface area contributed by atoms with Gasteiger partial charge in [0.15, 0.2) is 17.2 Å². The third-order valence-electron chi connectivity index (χ3n) is 4.19. The quantitative estimate of drug-likeness (QED) is 0.458. The normalized spacial score (nSPS) is 15.1. The van der Waals surface area contributed by atoms with Crippen molar-refractivity contribution >= 4 is 5.97 Å². The fourth-order valence-electron chi connectivity index (χ4n) is 3.00. The average molecular weight is 338 g/mol. The number of carbonyl (C=O) groups excluding carboxylic acids is 1. The molecule has 0 spiro atoms. The predicted molar refractivity (Wildman–Crippen MR) is 93.1 cm³/mol. The van der Waals surface area contributed by atoms with Crippen molar-refractivity contribution in [3.63, 3.8) is 0 Å². The molecule has 1 aliphatic carbocycles. The Balaban J connectivity index is 1.82. The Morgan fingerprint density at radius 3 is 2.52 bits per heavy atom. The third-order valence-corrected chi connectivity index (χ3v) is 4.19. The van der Waals surface area contributed by atoms with Crippen LogP contribution in [-0.4, -0.2) is 11.6 Å². The largest absolute Gasteiger partial charge is 0.471 e. The molecule has 1 saturated carbocycles. The zero-order chi connectivity index (χ0) is 17.7. The van der Waals surface area contributed by atoms with Gasteiger partial charge in [0.25, 0.3) is 0 Å². The monoisotopic (exact) mass is 338 g/mol. The standard InChI is InChI=1S/C21H19FO3/c1-2-12-21(13-6-7-14-21)25-19-15-16(10-11-18(19)22)20(23)24-17-8-4-3-5-9-17/h3-5,8-11,15H,6-7,13-14H2,1H3. The van der Waals surface area contributed by atoms with Gasteiger partial charge >= 0.3 is 5.97 Å². The molecule has 0 radical (unpaired) electrons. The topological polar surface area (TPSA) is 35.5 Å². The number of para-hydroxylation sites is 1. The lowest BCUT2D eigenvalue weighted by Crippen LogP contribution is -2.31. The predicted octanol–water partition coefficient (Wildman–Crippen LogP) is 4.76. The summed E-state index contributed by atoms with van der Waals surface area (Å²) in [5, 5.41) is 0. The number of esters is 1. The summed E-state index contributed by atoms with van der Waals surface area (Å²) < 4.78 is 25.4. The molecular formula is C21H19FO3. The molecule has 1 aliphatic rings. The van der Waals surface area contributed by atoms with E-state index >= 15 is 0 Å². The van der Waals surface area contributed by atoms with Crippen LogP contribution < -0.4 is 9.47 Å². The van der Waals surface area contributed by atoms with Crippen molar-refractivity contribution in [2.45, 2.75) is 38.2 Å². The second kappa shape index (κ2) is 7.40. The summed E-state index contributed by atoms with van der Waals surface area (Å²) in [7, 11) is 0. The molecule has 0 aliphatic heterocycles. The summed E-state index contributed by atoms with van der Waals surface area (Å²) in [6.45, 7) is 1.74. The second-order valence-electron chi connectivity index (χ2n) is 6.03. The van der Waals surface area contributed by atoms with Gasteiger partial charge in [0, 0.05) is 0 Å². The van der Waals surface area contributed by atoms with Crippen LogP contribution in [0.4, 0.5) is 4.39 Å². The van der Waals surface area contributed by atoms with Crippen LogP contribution in [0.2, 0.25) is 0 Å². The van der Waals surface area contributed by atoms with Gasteiger partial charge in [-0.25, -0.2) is 9.18 Å². The molecule has 0 unspecified atom stereocenters. The van der Waals surface area contributed by atoms with E-state index < -0.39 is 17.4 Å². The molecule has 0 N–H and O–H groups in total. The molecule has 0 bridgehead atoms. The first-order valence-electron chi connectivity index (χ1n) is 8.32. The SMILES string of the molecule is CC#CC1(Oc2cc(C(=O)Oc3ccccc3)ccc2F)CCCC1. The van der Waals surface area contributed by atoms with Crippen LogP contribution in [0, 0.1) is 17.7 Å². The van der Waals surface area contributed by atoms with E-state index in [1.165, 1.54) is 18.2 Å². The van der Waals surface area contributed by atoms with Crippen LogP contribution in [0.1, 0.15) is 43.0 Å². The molecular weight excluding hydrogens is 319 g/mol. The number of halogens is 1. The van der Waals surface area contributed by atoms with Gasteiger partial charge in [-0.2, -0.15) is 0 Å². The van der Waals surface area contributed by atoms with Crippen LogP contribution in [0.25, 0.3) is 0 Å². The van der Waals surface area contributed by atoms with Gasteiger partial charge in [0.05, 0.1) is 5.56 Å². The molecule has 0 amide bonds. The molecule has 0 heterocycles. The van der Waals surface area contributed by atoms with Crippen molar-refractivity contribution in [3.8, 4) is 23.3 Å². The fraction of sp³-hybridized carbons (Fsp3) is 0.286. The second-order valence-corrected chi connectivity index (χ2v) is 6.03. The van der Waals surface area contributed by atoms with Crippen molar-refractivity contribution in [3.05, 3.63) is 59.9 Å². The first kappa shape index (κ1) is 17.0. The summed E-state index contributed by atoms with van der Waals surface area (Å²) in [5.41, 5.74) is -0.435. The smallest absolute Gasteiger partial charge is 0.343 e. The molecule has 0 saturated heterocycles. The highest BCUT2D eigenvalue weighted by Crippen LogP contribution is 2.35. The Kier molecular flexibility index (Phi) is 5.04. The number of hydrogen-bond acceptors (Lipinski definition) is 3. The number of hydrogen-bond donors (Lipinski definition) is 0. The van der Waals surface area contributed by atoms with Crippen LogP contribution >= 0.6 is 0 Å². The van der Waals surface area contributed by atoms with Gasteiger partial charge in [-0.15, -0.1) is 5.92 Å². The average Bonchev–Trinajstić information content (AvgIpc) is 3.06. The molecule has 25 heavy (non-hydrogen) atoms. The first-order chi connectivity index (χ1) is 12.1. The Hall–Kier alpha value is -2.80. The highest BCUT2D eigenvalue weighted by molar-refractivity contribution is 5.91. The molecule has 1 fully saturated rings. The molecule has 0 aromatic heterocycles. The maximum Gasteiger partial charge on any atom is 0.343 e. The van der Waals surface area contributed by atoms with Crippen LogP contribution in [-0.2, 0) is 0 Å². The van der Waals surface area contributed by atoms with E-state index in [2.05, 4.69) is 11.8 Å². The molecule has 0 atom stereocenters. The fourth-order valence-corrected chi connectivity index (χ4v) is 3.00. The minimum atomic E-state index is -0.669. The lowest BCUT2D eigenvalue weighted by atomic mass is 10.0. The molecule has 3 rings (SSSR count). The van der Waals surface area contributed by atoms with Crippen molar-refractivity contribution in [1.29, 1.82) is 0 Å². The van der Waals surface area contributed by atoms with Gasteiger partial charge < -0.3 is 9.47 Å². The van der Waals surface area contributed by atoms with E-state index in [4.69, 9.17) is 9.47 Å². The van der Waals surface area contributed by atoms with Crippen LogP contribution in [0.5, 0.6) is 11.5 Å². The Morgan fingerprint density at radius 2 is 1.84 bits per heavy atom. The van der Waals surface area contributed by atoms with E-state index in [9.17, 15) is 9.18 Å². The summed E-state index contributed by atoms with van der Waals surface area (Å²) in [5.74, 6) is 5.34. The maximum absolute atomic E-state index is 14.2. The summed E-state index contributed by atoms with van der Waals surface area (Å²) in [6.07, 6.45) is 3.50. The molecule has 128 valence electrons. The summed E-state index contributed by atoms with van der Waals surface area (Å²) in [6, 6.07) is 12.7. The van der Waals surface area contributed by atoms with Crippen molar-refractivity contribution in [1.82, 2.24) is 0 Å². The number of benzene rings is 2. The Morgan fingerprint density at radius 1 is 1.12 bits per heavy atom. The van der Waals surface area contributed by atoms with E-state index in [1.807, 2.05) is 6.07 Å². The third kappa shape index (κ3) is 4.00. The molecule has 2 aromatic carbocycles. The highest BCUT2D eigenvalue weighted by atomic mass is 19.1. The lowest BCUT2D eigenvalue weighted by molar-refractivity contribution is 0.0732.